The zero-order valence-electron chi connectivity index (χ0n) is 13.4. The Balaban J connectivity index is 1.91. The molecule has 122 valence electrons. The van der Waals surface area contributed by atoms with Gasteiger partial charge in [-0.1, -0.05) is 42.3 Å². The van der Waals surface area contributed by atoms with Gasteiger partial charge in [-0.3, -0.25) is 0 Å². The van der Waals surface area contributed by atoms with Gasteiger partial charge in [-0.25, -0.2) is 4.98 Å². The highest BCUT2D eigenvalue weighted by atomic mass is 35.5. The van der Waals surface area contributed by atoms with E-state index in [-0.39, 0.29) is 0 Å². The molecule has 0 amide bonds. The van der Waals surface area contributed by atoms with Gasteiger partial charge in [0, 0.05) is 23.4 Å². The van der Waals surface area contributed by atoms with Crippen LogP contribution >= 0.6 is 34.5 Å². The molecular formula is C19H16Cl2N2S. The van der Waals surface area contributed by atoms with E-state index >= 15 is 0 Å². The summed E-state index contributed by atoms with van der Waals surface area (Å²) in [4.78, 5) is 4.74. The summed E-state index contributed by atoms with van der Waals surface area (Å²) in [7, 11) is 0. The second-order valence-corrected chi connectivity index (χ2v) is 7.67. The minimum absolute atomic E-state index is 0.542. The normalized spacial score (nSPS) is 11.7. The lowest BCUT2D eigenvalue weighted by molar-refractivity contribution is 0.970. The van der Waals surface area contributed by atoms with Crippen molar-refractivity contribution in [1.29, 1.82) is 0 Å². The summed E-state index contributed by atoms with van der Waals surface area (Å²) >= 11 is 14.2. The predicted molar refractivity (Wildman–Crippen MR) is 104 cm³/mol. The Morgan fingerprint density at radius 2 is 2.04 bits per heavy atom. The van der Waals surface area contributed by atoms with Gasteiger partial charge in [0.2, 0.25) is 0 Å². The van der Waals surface area contributed by atoms with E-state index < -0.39 is 0 Å². The summed E-state index contributed by atoms with van der Waals surface area (Å²) in [6.45, 7) is 4.30. The van der Waals surface area contributed by atoms with Crippen LogP contribution in [0.3, 0.4) is 0 Å². The van der Waals surface area contributed by atoms with E-state index in [9.17, 15) is 0 Å². The van der Waals surface area contributed by atoms with Crippen LogP contribution in [0.4, 0.5) is 0 Å². The largest absolute Gasteiger partial charge is 0.302 e. The molecule has 5 heteroatoms. The smallest absolute Gasteiger partial charge is 0.138 e. The van der Waals surface area contributed by atoms with Gasteiger partial charge in [-0.2, -0.15) is 0 Å². The Bertz CT molecular complexity index is 1060. The van der Waals surface area contributed by atoms with Gasteiger partial charge in [0.25, 0.3) is 0 Å². The van der Waals surface area contributed by atoms with Crippen LogP contribution < -0.4 is 0 Å². The summed E-state index contributed by atoms with van der Waals surface area (Å²) in [5.74, 6) is 0. The fourth-order valence-electron chi connectivity index (χ4n) is 3.26. The fourth-order valence-corrected chi connectivity index (χ4v) is 4.60. The van der Waals surface area contributed by atoms with Crippen molar-refractivity contribution in [3.63, 3.8) is 0 Å². The first-order valence-electron chi connectivity index (χ1n) is 7.89. The summed E-state index contributed by atoms with van der Waals surface area (Å²) in [6.07, 6.45) is 3.60. The van der Waals surface area contributed by atoms with Crippen molar-refractivity contribution in [2.45, 2.75) is 26.7 Å². The fraction of sp³-hybridized carbons (Fsp3) is 0.211. The summed E-state index contributed by atoms with van der Waals surface area (Å²) in [6, 6.07) is 8.31. The molecule has 0 radical (unpaired) electrons. The third-order valence-corrected chi connectivity index (χ3v) is 6.13. The molecule has 0 atom stereocenters. The van der Waals surface area contributed by atoms with Gasteiger partial charge in [0.1, 0.15) is 5.65 Å². The molecule has 0 saturated carbocycles. The maximum absolute atomic E-state index is 6.24. The van der Waals surface area contributed by atoms with Crippen LogP contribution in [0.2, 0.25) is 10.0 Å². The van der Waals surface area contributed by atoms with E-state index in [4.69, 9.17) is 28.2 Å². The predicted octanol–water partition coefficient (Wildman–Crippen LogP) is 6.32. The molecule has 0 spiro atoms. The Morgan fingerprint density at radius 3 is 2.83 bits per heavy atom. The number of hydrogen-bond acceptors (Lipinski definition) is 2. The van der Waals surface area contributed by atoms with E-state index in [1.165, 1.54) is 26.9 Å². The molecule has 24 heavy (non-hydrogen) atoms. The lowest BCUT2D eigenvalue weighted by atomic mass is 10.0. The van der Waals surface area contributed by atoms with Gasteiger partial charge in [-0.05, 0) is 41.3 Å². The highest BCUT2D eigenvalue weighted by Crippen LogP contribution is 2.32. The van der Waals surface area contributed by atoms with E-state index in [0.717, 1.165) is 24.2 Å². The number of rotatable bonds is 3. The zero-order valence-corrected chi connectivity index (χ0v) is 15.8. The van der Waals surface area contributed by atoms with Gasteiger partial charge in [0.05, 0.1) is 21.4 Å². The standard InChI is InChI=1S/C19H16Cl2N2S/c1-3-15-16(23-9-14(21)13(20)8-18(23)22-15)7-12-10-24-17-6-4-5-11(2)19(12)17/h4-6,8-10H,3,7H2,1-2H3. The number of halogens is 2. The maximum Gasteiger partial charge on any atom is 0.138 e. The topological polar surface area (TPSA) is 17.3 Å². The van der Waals surface area contributed by atoms with Crippen molar-refractivity contribution in [2.24, 2.45) is 0 Å². The Morgan fingerprint density at radius 1 is 1.21 bits per heavy atom. The second-order valence-electron chi connectivity index (χ2n) is 5.94. The third-order valence-electron chi connectivity index (χ3n) is 4.42. The second kappa shape index (κ2) is 6.07. The molecule has 0 fully saturated rings. The van der Waals surface area contributed by atoms with Crippen molar-refractivity contribution >= 4 is 50.3 Å². The number of nitrogens with zero attached hydrogens (tertiary/aromatic N) is 2. The average Bonchev–Trinajstić information content (AvgIpc) is 3.12. The molecule has 3 heterocycles. The minimum atomic E-state index is 0.542. The number of aryl methyl sites for hydroxylation is 2. The molecule has 4 aromatic rings. The van der Waals surface area contributed by atoms with E-state index in [2.05, 4.69) is 41.8 Å². The molecule has 2 nitrogen and oxygen atoms in total. The highest BCUT2D eigenvalue weighted by Gasteiger charge is 2.16. The van der Waals surface area contributed by atoms with E-state index in [0.29, 0.717) is 10.0 Å². The Hall–Kier alpha value is -1.55. The lowest BCUT2D eigenvalue weighted by Crippen LogP contribution is -1.98. The summed E-state index contributed by atoms with van der Waals surface area (Å²) in [5, 5.41) is 4.71. The lowest BCUT2D eigenvalue weighted by Gasteiger charge is -2.06. The van der Waals surface area contributed by atoms with Gasteiger partial charge >= 0.3 is 0 Å². The third kappa shape index (κ3) is 2.52. The van der Waals surface area contributed by atoms with Crippen molar-refractivity contribution in [1.82, 2.24) is 9.38 Å². The van der Waals surface area contributed by atoms with Gasteiger partial charge < -0.3 is 4.40 Å². The van der Waals surface area contributed by atoms with Crippen molar-refractivity contribution in [2.75, 3.05) is 0 Å². The highest BCUT2D eigenvalue weighted by molar-refractivity contribution is 7.17. The summed E-state index contributed by atoms with van der Waals surface area (Å²) in [5.41, 5.74) is 5.80. The van der Waals surface area contributed by atoms with Crippen LogP contribution in [0.1, 0.15) is 29.4 Å². The monoisotopic (exact) mass is 374 g/mol. The number of hydrogen-bond donors (Lipinski definition) is 0. The number of benzene rings is 1. The number of aromatic nitrogens is 2. The van der Waals surface area contributed by atoms with Gasteiger partial charge in [0.15, 0.2) is 0 Å². The molecular weight excluding hydrogens is 359 g/mol. The van der Waals surface area contributed by atoms with Crippen molar-refractivity contribution < 1.29 is 0 Å². The number of pyridine rings is 1. The van der Waals surface area contributed by atoms with Crippen LogP contribution in [-0.4, -0.2) is 9.38 Å². The first-order valence-corrected chi connectivity index (χ1v) is 9.52. The van der Waals surface area contributed by atoms with E-state index in [1.54, 1.807) is 11.3 Å². The van der Waals surface area contributed by atoms with Crippen LogP contribution in [0.25, 0.3) is 15.7 Å². The number of thiophene rings is 1. The SMILES string of the molecule is CCc1nc2cc(Cl)c(Cl)cn2c1Cc1csc2cccc(C)c12. The zero-order chi connectivity index (χ0) is 16.8. The number of imidazole rings is 1. The van der Waals surface area contributed by atoms with Gasteiger partial charge in [-0.15, -0.1) is 11.3 Å². The summed E-state index contributed by atoms with van der Waals surface area (Å²) < 4.78 is 3.41. The van der Waals surface area contributed by atoms with Crippen molar-refractivity contribution in [3.05, 3.63) is 68.4 Å². The molecule has 1 aromatic carbocycles. The molecule has 0 N–H and O–H groups in total. The molecule has 3 aromatic heterocycles. The van der Waals surface area contributed by atoms with Crippen LogP contribution in [0.15, 0.2) is 35.8 Å². The molecule has 4 rings (SSSR count). The molecule has 0 aliphatic carbocycles. The average molecular weight is 375 g/mol. The van der Waals surface area contributed by atoms with Crippen LogP contribution in [0, 0.1) is 6.92 Å². The Kier molecular flexibility index (Phi) is 4.03. The van der Waals surface area contributed by atoms with Crippen LogP contribution in [-0.2, 0) is 12.8 Å². The molecule has 0 saturated heterocycles. The quantitative estimate of drug-likeness (QED) is 0.410. The minimum Gasteiger partial charge on any atom is -0.302 e. The molecule has 0 aliphatic rings. The first kappa shape index (κ1) is 15.9. The Labute approximate surface area is 154 Å². The van der Waals surface area contributed by atoms with Crippen molar-refractivity contribution in [3.8, 4) is 0 Å². The first-order chi connectivity index (χ1) is 11.6. The van der Waals surface area contributed by atoms with E-state index in [1.807, 2.05) is 12.3 Å². The molecule has 0 bridgehead atoms. The maximum atomic E-state index is 6.24. The molecule has 0 aliphatic heterocycles. The number of fused-ring (bicyclic) bond motifs is 2. The van der Waals surface area contributed by atoms with Crippen LogP contribution in [0.5, 0.6) is 0 Å². The molecule has 0 unspecified atom stereocenters.